The van der Waals surface area contributed by atoms with Gasteiger partial charge in [0.15, 0.2) is 0 Å². The highest BCUT2D eigenvalue weighted by Crippen LogP contribution is 2.12. The first kappa shape index (κ1) is 16.0. The fraction of sp³-hybridized carbons (Fsp3) is 0.611. The third kappa shape index (κ3) is 5.50. The maximum Gasteiger partial charge on any atom is 0.220 e. The lowest BCUT2D eigenvalue weighted by Crippen LogP contribution is -2.48. The molecule has 2 atom stereocenters. The van der Waals surface area contributed by atoms with Crippen molar-refractivity contribution in [2.75, 3.05) is 13.1 Å². The van der Waals surface area contributed by atoms with E-state index in [4.69, 9.17) is 0 Å². The molecule has 0 radical (unpaired) electrons. The van der Waals surface area contributed by atoms with Crippen LogP contribution in [0, 0.1) is 12.8 Å². The van der Waals surface area contributed by atoms with E-state index in [-0.39, 0.29) is 5.91 Å². The predicted molar refractivity (Wildman–Crippen MR) is 87.3 cm³/mol. The number of nitrogens with one attached hydrogen (secondary N) is 2. The molecule has 0 aliphatic carbocycles. The van der Waals surface area contributed by atoms with Crippen molar-refractivity contribution in [1.82, 2.24) is 10.6 Å². The van der Waals surface area contributed by atoms with Crippen LogP contribution in [0.15, 0.2) is 24.3 Å². The van der Waals surface area contributed by atoms with Gasteiger partial charge in [-0.25, -0.2) is 0 Å². The van der Waals surface area contributed by atoms with E-state index in [0.717, 1.165) is 38.8 Å². The van der Waals surface area contributed by atoms with Crippen LogP contribution in [0.1, 0.15) is 43.7 Å². The van der Waals surface area contributed by atoms with Gasteiger partial charge in [0.25, 0.3) is 0 Å². The molecule has 1 aromatic rings. The standard InChI is InChI=1S/C18H28N2O/c1-14-7-9-16(10-8-14)5-3-4-6-18(21)20-17-11-12-19-13-15(17)2/h7-10,15,17,19H,3-6,11-13H2,1-2H3,(H,20,21). The normalized spacial score (nSPS) is 22.0. The van der Waals surface area contributed by atoms with Gasteiger partial charge in [0.1, 0.15) is 0 Å². The van der Waals surface area contributed by atoms with Crippen molar-refractivity contribution in [2.45, 2.75) is 52.0 Å². The molecule has 21 heavy (non-hydrogen) atoms. The summed E-state index contributed by atoms with van der Waals surface area (Å²) in [5.41, 5.74) is 2.67. The first-order valence-electron chi connectivity index (χ1n) is 8.21. The minimum absolute atomic E-state index is 0.220. The Balaban J connectivity index is 1.61. The first-order chi connectivity index (χ1) is 10.1. The number of rotatable bonds is 6. The summed E-state index contributed by atoms with van der Waals surface area (Å²) >= 11 is 0. The van der Waals surface area contributed by atoms with Crippen molar-refractivity contribution in [1.29, 1.82) is 0 Å². The lowest BCUT2D eigenvalue weighted by molar-refractivity contribution is -0.122. The van der Waals surface area contributed by atoms with Crippen LogP contribution in [0.2, 0.25) is 0 Å². The quantitative estimate of drug-likeness (QED) is 0.790. The summed E-state index contributed by atoms with van der Waals surface area (Å²) in [6.07, 6.45) is 4.83. The maximum absolute atomic E-state index is 12.0. The molecule has 0 spiro atoms. The number of unbranched alkanes of at least 4 members (excludes halogenated alkanes) is 1. The lowest BCUT2D eigenvalue weighted by atomic mass is 9.95. The van der Waals surface area contributed by atoms with Crippen molar-refractivity contribution < 1.29 is 4.79 Å². The van der Waals surface area contributed by atoms with Crippen LogP contribution in [-0.4, -0.2) is 25.0 Å². The fourth-order valence-electron chi connectivity index (χ4n) is 2.88. The minimum Gasteiger partial charge on any atom is -0.353 e. The predicted octanol–water partition coefficient (Wildman–Crippen LogP) is 2.82. The molecule has 1 aliphatic heterocycles. The molecule has 0 aromatic heterocycles. The summed E-state index contributed by atoms with van der Waals surface area (Å²) in [7, 11) is 0. The van der Waals surface area contributed by atoms with E-state index in [2.05, 4.69) is 48.7 Å². The van der Waals surface area contributed by atoms with Crippen LogP contribution < -0.4 is 10.6 Å². The van der Waals surface area contributed by atoms with Gasteiger partial charge in [-0.05, 0) is 57.2 Å². The summed E-state index contributed by atoms with van der Waals surface area (Å²) in [6, 6.07) is 9.04. The Bertz CT molecular complexity index is 441. The molecular formula is C18H28N2O. The van der Waals surface area contributed by atoms with Crippen LogP contribution in [-0.2, 0) is 11.2 Å². The topological polar surface area (TPSA) is 41.1 Å². The largest absolute Gasteiger partial charge is 0.353 e. The molecule has 2 rings (SSSR count). The molecule has 2 N–H and O–H groups in total. The van der Waals surface area contributed by atoms with Gasteiger partial charge in [-0.15, -0.1) is 0 Å². The van der Waals surface area contributed by atoms with Crippen molar-refractivity contribution >= 4 is 5.91 Å². The van der Waals surface area contributed by atoms with Gasteiger partial charge in [0, 0.05) is 12.5 Å². The zero-order valence-electron chi connectivity index (χ0n) is 13.3. The Hall–Kier alpha value is -1.35. The van der Waals surface area contributed by atoms with E-state index in [9.17, 15) is 4.79 Å². The number of hydrogen-bond donors (Lipinski definition) is 2. The molecule has 1 aliphatic rings. The molecule has 1 heterocycles. The highest BCUT2D eigenvalue weighted by Gasteiger charge is 2.22. The monoisotopic (exact) mass is 288 g/mol. The number of hydrogen-bond acceptors (Lipinski definition) is 2. The van der Waals surface area contributed by atoms with Crippen LogP contribution >= 0.6 is 0 Å². The highest BCUT2D eigenvalue weighted by atomic mass is 16.1. The van der Waals surface area contributed by atoms with Gasteiger partial charge in [-0.2, -0.15) is 0 Å². The Morgan fingerprint density at radius 2 is 2.05 bits per heavy atom. The van der Waals surface area contributed by atoms with E-state index < -0.39 is 0 Å². The molecule has 3 nitrogen and oxygen atoms in total. The van der Waals surface area contributed by atoms with Crippen LogP contribution in [0.5, 0.6) is 0 Å². The third-order valence-electron chi connectivity index (χ3n) is 4.37. The number of carbonyl (C=O) groups is 1. The SMILES string of the molecule is Cc1ccc(CCCCC(=O)NC2CCNCC2C)cc1. The molecule has 1 fully saturated rings. The minimum atomic E-state index is 0.220. The molecule has 0 bridgehead atoms. The van der Waals surface area contributed by atoms with Gasteiger partial charge in [0.2, 0.25) is 5.91 Å². The molecule has 1 aromatic carbocycles. The summed E-state index contributed by atoms with van der Waals surface area (Å²) < 4.78 is 0. The maximum atomic E-state index is 12.0. The number of carbonyl (C=O) groups excluding carboxylic acids is 1. The summed E-state index contributed by atoms with van der Waals surface area (Å²) in [5.74, 6) is 0.757. The van der Waals surface area contributed by atoms with Gasteiger partial charge in [-0.1, -0.05) is 36.8 Å². The fourth-order valence-corrected chi connectivity index (χ4v) is 2.88. The zero-order chi connectivity index (χ0) is 15.1. The molecule has 3 heteroatoms. The summed E-state index contributed by atoms with van der Waals surface area (Å²) in [6.45, 7) is 6.34. The molecule has 1 saturated heterocycles. The summed E-state index contributed by atoms with van der Waals surface area (Å²) in [5, 5.41) is 6.56. The second-order valence-corrected chi connectivity index (χ2v) is 6.34. The van der Waals surface area contributed by atoms with Gasteiger partial charge in [0.05, 0.1) is 0 Å². The van der Waals surface area contributed by atoms with Gasteiger partial charge < -0.3 is 10.6 Å². The number of piperidine rings is 1. The molecule has 1 amide bonds. The van der Waals surface area contributed by atoms with Crippen molar-refractivity contribution in [3.05, 3.63) is 35.4 Å². The van der Waals surface area contributed by atoms with E-state index in [1.54, 1.807) is 0 Å². The Kier molecular flexibility index (Phi) is 6.24. The number of amides is 1. The highest BCUT2D eigenvalue weighted by molar-refractivity contribution is 5.76. The smallest absolute Gasteiger partial charge is 0.220 e. The number of aryl methyl sites for hydroxylation is 2. The number of benzene rings is 1. The molecule has 0 saturated carbocycles. The van der Waals surface area contributed by atoms with Gasteiger partial charge >= 0.3 is 0 Å². The Morgan fingerprint density at radius 1 is 1.29 bits per heavy atom. The molecule has 2 unspecified atom stereocenters. The van der Waals surface area contributed by atoms with Crippen LogP contribution in [0.4, 0.5) is 0 Å². The molecular weight excluding hydrogens is 260 g/mol. The average molecular weight is 288 g/mol. The van der Waals surface area contributed by atoms with Gasteiger partial charge in [-0.3, -0.25) is 4.79 Å². The second kappa shape index (κ2) is 8.18. The van der Waals surface area contributed by atoms with Crippen molar-refractivity contribution in [2.24, 2.45) is 5.92 Å². The van der Waals surface area contributed by atoms with Crippen LogP contribution in [0.3, 0.4) is 0 Å². The lowest BCUT2D eigenvalue weighted by Gasteiger charge is -2.30. The average Bonchev–Trinajstić information content (AvgIpc) is 2.48. The van der Waals surface area contributed by atoms with Crippen molar-refractivity contribution in [3.63, 3.8) is 0 Å². The van der Waals surface area contributed by atoms with E-state index in [0.29, 0.717) is 18.4 Å². The van der Waals surface area contributed by atoms with Crippen LogP contribution in [0.25, 0.3) is 0 Å². The zero-order valence-corrected chi connectivity index (χ0v) is 13.3. The molecule has 116 valence electrons. The third-order valence-corrected chi connectivity index (χ3v) is 4.37. The van der Waals surface area contributed by atoms with E-state index in [1.165, 1.54) is 11.1 Å². The Labute approximate surface area is 128 Å². The first-order valence-corrected chi connectivity index (χ1v) is 8.21. The summed E-state index contributed by atoms with van der Waals surface area (Å²) in [4.78, 5) is 12.0. The Morgan fingerprint density at radius 3 is 2.76 bits per heavy atom. The second-order valence-electron chi connectivity index (χ2n) is 6.34. The van der Waals surface area contributed by atoms with E-state index in [1.807, 2.05) is 0 Å². The van der Waals surface area contributed by atoms with Crippen molar-refractivity contribution in [3.8, 4) is 0 Å². The van der Waals surface area contributed by atoms with E-state index >= 15 is 0 Å².